The van der Waals surface area contributed by atoms with E-state index in [1.807, 2.05) is 20.8 Å². The lowest BCUT2D eigenvalue weighted by atomic mass is 9.94. The molecule has 1 rings (SSSR count). The van der Waals surface area contributed by atoms with Crippen LogP contribution in [0.5, 0.6) is 0 Å². The van der Waals surface area contributed by atoms with Crippen LogP contribution in [0.25, 0.3) is 0 Å². The molecular formula is C12H22ClNO. The van der Waals surface area contributed by atoms with E-state index in [1.54, 1.807) is 0 Å². The summed E-state index contributed by atoms with van der Waals surface area (Å²) in [5.41, 5.74) is -0.319. The molecule has 0 saturated heterocycles. The number of hydrogen-bond acceptors (Lipinski definition) is 1. The van der Waals surface area contributed by atoms with Crippen molar-refractivity contribution in [3.8, 4) is 0 Å². The summed E-state index contributed by atoms with van der Waals surface area (Å²) in [5, 5.41) is 3.00. The Morgan fingerprint density at radius 3 is 2.47 bits per heavy atom. The number of hydrogen-bond donors (Lipinski definition) is 1. The molecule has 0 heterocycles. The van der Waals surface area contributed by atoms with Crippen LogP contribution in [-0.2, 0) is 4.79 Å². The standard InChI is InChI=1S/C12H22ClNO/c1-8-6-5-7-10(8)11(15)14-12(3,4)9(2)13/h8-10H,5-7H2,1-4H3,(H,14,15). The summed E-state index contributed by atoms with van der Waals surface area (Å²) in [7, 11) is 0. The number of carbonyl (C=O) groups excluding carboxylic acids is 1. The van der Waals surface area contributed by atoms with E-state index in [0.717, 1.165) is 6.42 Å². The largest absolute Gasteiger partial charge is 0.350 e. The Bertz CT molecular complexity index is 238. The van der Waals surface area contributed by atoms with E-state index in [4.69, 9.17) is 11.6 Å². The minimum absolute atomic E-state index is 0.0573. The average Bonchev–Trinajstić information content (AvgIpc) is 2.50. The quantitative estimate of drug-likeness (QED) is 0.744. The molecule has 0 radical (unpaired) electrons. The fourth-order valence-electron chi connectivity index (χ4n) is 2.04. The average molecular weight is 232 g/mol. The Hall–Kier alpha value is -0.240. The van der Waals surface area contributed by atoms with Crippen molar-refractivity contribution >= 4 is 17.5 Å². The fraction of sp³-hybridized carbons (Fsp3) is 0.917. The van der Waals surface area contributed by atoms with Crippen molar-refractivity contribution in [2.75, 3.05) is 0 Å². The molecule has 0 aromatic heterocycles. The molecule has 1 N–H and O–H groups in total. The lowest BCUT2D eigenvalue weighted by Gasteiger charge is -2.31. The van der Waals surface area contributed by atoms with Crippen LogP contribution in [0.2, 0.25) is 0 Å². The van der Waals surface area contributed by atoms with E-state index in [2.05, 4.69) is 12.2 Å². The van der Waals surface area contributed by atoms with Crippen molar-refractivity contribution in [3.63, 3.8) is 0 Å². The van der Waals surface area contributed by atoms with Gasteiger partial charge >= 0.3 is 0 Å². The van der Waals surface area contributed by atoms with Gasteiger partial charge in [-0.05, 0) is 39.5 Å². The number of carbonyl (C=O) groups is 1. The molecule has 0 aromatic rings. The zero-order chi connectivity index (χ0) is 11.6. The maximum Gasteiger partial charge on any atom is 0.223 e. The number of halogens is 1. The van der Waals surface area contributed by atoms with Crippen LogP contribution >= 0.6 is 11.6 Å². The van der Waals surface area contributed by atoms with Crippen molar-refractivity contribution in [2.45, 2.75) is 57.9 Å². The molecule has 1 fully saturated rings. The molecule has 0 spiro atoms. The van der Waals surface area contributed by atoms with Crippen molar-refractivity contribution in [2.24, 2.45) is 11.8 Å². The normalized spacial score (nSPS) is 28.9. The minimum Gasteiger partial charge on any atom is -0.350 e. The van der Waals surface area contributed by atoms with Gasteiger partial charge < -0.3 is 5.32 Å². The molecule has 1 saturated carbocycles. The van der Waals surface area contributed by atoms with Gasteiger partial charge in [0.15, 0.2) is 0 Å². The number of alkyl halides is 1. The van der Waals surface area contributed by atoms with E-state index in [1.165, 1.54) is 12.8 Å². The first-order valence-electron chi connectivity index (χ1n) is 5.80. The van der Waals surface area contributed by atoms with E-state index in [9.17, 15) is 4.79 Å². The predicted molar refractivity (Wildman–Crippen MR) is 64.0 cm³/mol. The van der Waals surface area contributed by atoms with Gasteiger partial charge in [-0.1, -0.05) is 13.3 Å². The lowest BCUT2D eigenvalue weighted by Crippen LogP contribution is -2.51. The molecular weight excluding hydrogens is 210 g/mol. The van der Waals surface area contributed by atoms with E-state index < -0.39 is 0 Å². The Labute approximate surface area is 97.8 Å². The molecule has 3 unspecified atom stereocenters. The highest BCUT2D eigenvalue weighted by Gasteiger charge is 2.34. The maximum atomic E-state index is 12.0. The molecule has 0 aliphatic heterocycles. The van der Waals surface area contributed by atoms with Crippen molar-refractivity contribution < 1.29 is 4.79 Å². The van der Waals surface area contributed by atoms with Crippen molar-refractivity contribution in [1.29, 1.82) is 0 Å². The SMILES string of the molecule is CC1CCCC1C(=O)NC(C)(C)C(C)Cl. The Morgan fingerprint density at radius 1 is 1.47 bits per heavy atom. The van der Waals surface area contributed by atoms with Gasteiger partial charge in [-0.2, -0.15) is 0 Å². The first-order chi connectivity index (χ1) is 6.84. The molecule has 1 aliphatic carbocycles. The highest BCUT2D eigenvalue weighted by atomic mass is 35.5. The van der Waals surface area contributed by atoms with Gasteiger partial charge in [0.25, 0.3) is 0 Å². The summed E-state index contributed by atoms with van der Waals surface area (Å²) in [6.07, 6.45) is 3.38. The third-order valence-corrected chi connectivity index (χ3v) is 4.18. The second-order valence-electron chi connectivity index (χ2n) is 5.34. The second kappa shape index (κ2) is 4.73. The predicted octanol–water partition coefficient (Wildman–Crippen LogP) is 2.94. The zero-order valence-electron chi connectivity index (χ0n) is 10.1. The third-order valence-electron chi connectivity index (χ3n) is 3.64. The molecule has 88 valence electrons. The topological polar surface area (TPSA) is 29.1 Å². The van der Waals surface area contributed by atoms with Crippen LogP contribution in [0.3, 0.4) is 0 Å². The molecule has 0 aromatic carbocycles. The van der Waals surface area contributed by atoms with E-state index >= 15 is 0 Å². The minimum atomic E-state index is -0.319. The first-order valence-corrected chi connectivity index (χ1v) is 6.24. The van der Waals surface area contributed by atoms with Crippen LogP contribution in [0.15, 0.2) is 0 Å². The van der Waals surface area contributed by atoms with Gasteiger partial charge in [-0.15, -0.1) is 11.6 Å². The highest BCUT2D eigenvalue weighted by molar-refractivity contribution is 6.21. The summed E-state index contributed by atoms with van der Waals surface area (Å²) >= 11 is 6.04. The molecule has 3 atom stereocenters. The number of rotatable bonds is 3. The smallest absolute Gasteiger partial charge is 0.223 e. The Morgan fingerprint density at radius 2 is 2.07 bits per heavy atom. The van der Waals surface area contributed by atoms with Crippen LogP contribution in [0.1, 0.15) is 47.0 Å². The molecule has 15 heavy (non-hydrogen) atoms. The van der Waals surface area contributed by atoms with Gasteiger partial charge in [0, 0.05) is 5.92 Å². The van der Waals surface area contributed by atoms with Gasteiger partial charge in [0.1, 0.15) is 0 Å². The lowest BCUT2D eigenvalue weighted by molar-refractivity contribution is -0.127. The highest BCUT2D eigenvalue weighted by Crippen LogP contribution is 2.31. The summed E-state index contributed by atoms with van der Waals surface area (Å²) in [6, 6.07) is 0. The van der Waals surface area contributed by atoms with Crippen LogP contribution in [0, 0.1) is 11.8 Å². The molecule has 0 bridgehead atoms. The zero-order valence-corrected chi connectivity index (χ0v) is 10.9. The molecule has 1 amide bonds. The fourth-order valence-corrected chi connectivity index (χ4v) is 2.10. The van der Waals surface area contributed by atoms with E-state index in [-0.39, 0.29) is 22.7 Å². The van der Waals surface area contributed by atoms with E-state index in [0.29, 0.717) is 5.92 Å². The summed E-state index contributed by atoms with van der Waals surface area (Å²) in [4.78, 5) is 12.0. The van der Waals surface area contributed by atoms with Crippen molar-refractivity contribution in [1.82, 2.24) is 5.32 Å². The molecule has 1 aliphatic rings. The summed E-state index contributed by atoms with van der Waals surface area (Å²) < 4.78 is 0. The number of nitrogens with one attached hydrogen (secondary N) is 1. The number of amides is 1. The molecule has 3 heteroatoms. The Kier molecular flexibility index (Phi) is 4.05. The van der Waals surface area contributed by atoms with Crippen LogP contribution in [-0.4, -0.2) is 16.8 Å². The summed E-state index contributed by atoms with van der Waals surface area (Å²) in [6.45, 7) is 8.03. The van der Waals surface area contributed by atoms with Gasteiger partial charge in [0.05, 0.1) is 10.9 Å². The van der Waals surface area contributed by atoms with Crippen molar-refractivity contribution in [3.05, 3.63) is 0 Å². The van der Waals surface area contributed by atoms with Gasteiger partial charge in [-0.3, -0.25) is 4.79 Å². The summed E-state index contributed by atoms with van der Waals surface area (Å²) in [5.74, 6) is 0.892. The Balaban J connectivity index is 2.55. The third kappa shape index (κ3) is 3.10. The second-order valence-corrected chi connectivity index (χ2v) is 6.00. The monoisotopic (exact) mass is 231 g/mol. The van der Waals surface area contributed by atoms with Crippen LogP contribution < -0.4 is 5.32 Å². The first kappa shape index (κ1) is 12.8. The van der Waals surface area contributed by atoms with Gasteiger partial charge in [-0.25, -0.2) is 0 Å². The maximum absolute atomic E-state index is 12.0. The molecule has 2 nitrogen and oxygen atoms in total. The van der Waals surface area contributed by atoms with Gasteiger partial charge in [0.2, 0.25) is 5.91 Å². The van der Waals surface area contributed by atoms with Crippen LogP contribution in [0.4, 0.5) is 0 Å².